The van der Waals surface area contributed by atoms with Crippen LogP contribution in [-0.2, 0) is 19.0 Å². The van der Waals surface area contributed by atoms with Crippen molar-refractivity contribution < 1.29 is 19.0 Å². The van der Waals surface area contributed by atoms with Crippen LogP contribution < -0.4 is 0 Å². The first-order chi connectivity index (χ1) is 16.1. The predicted molar refractivity (Wildman–Crippen MR) is 135 cm³/mol. The van der Waals surface area contributed by atoms with Gasteiger partial charge in [0.1, 0.15) is 6.10 Å². The second-order valence-electron chi connectivity index (χ2n) is 13.8. The molecule has 0 aromatic heterocycles. The van der Waals surface area contributed by atoms with E-state index in [4.69, 9.17) is 14.2 Å². The van der Waals surface area contributed by atoms with Gasteiger partial charge in [-0.15, -0.1) is 0 Å². The van der Waals surface area contributed by atoms with Gasteiger partial charge in [0.2, 0.25) is 0 Å². The number of hydrogen-bond donors (Lipinski definition) is 0. The highest BCUT2D eigenvalue weighted by Gasteiger charge is 2.70. The normalized spacial score (nSPS) is 58.5. The quantitative estimate of drug-likeness (QED) is 0.275. The molecular weight excluding hydrogens is 492 g/mol. The first kappa shape index (κ1) is 24.2. The highest BCUT2D eigenvalue weighted by atomic mass is 79.9. The van der Waals surface area contributed by atoms with Gasteiger partial charge in [0, 0.05) is 12.8 Å². The SMILES string of the molecule is CC(=O)O[C@H]1CC[C@@]2(C)[C@H](CC[C@@H]3[C@@H]2CC[C@]2(C)[C@@H]4[C@H](C[C@@H]32)O[C@]2(OC[C@@H](C)C[C@@H]2Br)[C@H]4C)C1. The van der Waals surface area contributed by atoms with Gasteiger partial charge >= 0.3 is 5.97 Å². The zero-order valence-corrected chi connectivity index (χ0v) is 23.4. The lowest BCUT2D eigenvalue weighted by Gasteiger charge is -2.61. The molecule has 4 nitrogen and oxygen atoms in total. The summed E-state index contributed by atoms with van der Waals surface area (Å²) in [5.41, 5.74) is 0.780. The van der Waals surface area contributed by atoms with E-state index >= 15 is 0 Å². The molecule has 2 aliphatic heterocycles. The van der Waals surface area contributed by atoms with Crippen molar-refractivity contribution in [2.24, 2.45) is 52.3 Å². The predicted octanol–water partition coefficient (Wildman–Crippen LogP) is 6.74. The van der Waals surface area contributed by atoms with Crippen LogP contribution in [0.5, 0.6) is 0 Å². The monoisotopic (exact) mass is 536 g/mol. The Morgan fingerprint density at radius 2 is 1.74 bits per heavy atom. The molecule has 4 saturated carbocycles. The van der Waals surface area contributed by atoms with Gasteiger partial charge in [-0.1, -0.05) is 43.6 Å². The molecule has 4 aliphatic carbocycles. The summed E-state index contributed by atoms with van der Waals surface area (Å²) in [7, 11) is 0. The van der Waals surface area contributed by atoms with E-state index in [1.807, 2.05) is 0 Å². The summed E-state index contributed by atoms with van der Waals surface area (Å²) in [6, 6.07) is 0. The molecule has 0 aromatic carbocycles. The fourth-order valence-corrected chi connectivity index (χ4v) is 12.0. The van der Waals surface area contributed by atoms with Crippen molar-refractivity contribution in [3.05, 3.63) is 0 Å². The Balaban J connectivity index is 1.22. The Labute approximate surface area is 214 Å². The highest BCUT2D eigenvalue weighted by molar-refractivity contribution is 9.09. The van der Waals surface area contributed by atoms with Crippen LogP contribution >= 0.6 is 15.9 Å². The molecule has 2 heterocycles. The van der Waals surface area contributed by atoms with Crippen LogP contribution in [0.1, 0.15) is 92.4 Å². The maximum absolute atomic E-state index is 11.6. The van der Waals surface area contributed by atoms with E-state index in [1.54, 1.807) is 6.92 Å². The number of halogens is 1. The maximum atomic E-state index is 11.6. The van der Waals surface area contributed by atoms with Crippen molar-refractivity contribution in [3.8, 4) is 0 Å². The lowest BCUT2D eigenvalue weighted by molar-refractivity contribution is -0.267. The Bertz CT molecular complexity index is 833. The van der Waals surface area contributed by atoms with Gasteiger partial charge in [-0.2, -0.15) is 0 Å². The number of rotatable bonds is 1. The molecule has 0 bridgehead atoms. The van der Waals surface area contributed by atoms with Gasteiger partial charge in [0.15, 0.2) is 5.79 Å². The fraction of sp³-hybridized carbons (Fsp3) is 0.966. The minimum Gasteiger partial charge on any atom is -0.463 e. The van der Waals surface area contributed by atoms with E-state index in [0.717, 1.165) is 43.6 Å². The third-order valence-corrected chi connectivity index (χ3v) is 13.2. The maximum Gasteiger partial charge on any atom is 0.302 e. The summed E-state index contributed by atoms with van der Waals surface area (Å²) < 4.78 is 19.2. The first-order valence-corrected chi connectivity index (χ1v) is 15.1. The topological polar surface area (TPSA) is 44.8 Å². The zero-order valence-electron chi connectivity index (χ0n) is 21.9. The van der Waals surface area contributed by atoms with Gasteiger partial charge in [0.25, 0.3) is 0 Å². The average Bonchev–Trinajstić information content (AvgIpc) is 3.22. The van der Waals surface area contributed by atoms with Gasteiger partial charge in [-0.25, -0.2) is 0 Å². The van der Waals surface area contributed by atoms with Crippen LogP contribution in [0.15, 0.2) is 0 Å². The highest BCUT2D eigenvalue weighted by Crippen LogP contribution is 2.71. The van der Waals surface area contributed by atoms with Crippen LogP contribution in [0.3, 0.4) is 0 Å². The molecule has 5 heteroatoms. The number of esters is 1. The van der Waals surface area contributed by atoms with Crippen LogP contribution in [-0.4, -0.2) is 35.4 Å². The molecule has 6 aliphatic rings. The van der Waals surface area contributed by atoms with Gasteiger partial charge in [0.05, 0.1) is 17.5 Å². The molecule has 0 radical (unpaired) electrons. The molecule has 13 atom stereocenters. The van der Waals surface area contributed by atoms with Crippen molar-refractivity contribution in [1.82, 2.24) is 0 Å². The Morgan fingerprint density at radius 3 is 2.47 bits per heavy atom. The summed E-state index contributed by atoms with van der Waals surface area (Å²) in [5.74, 6) is 4.24. The van der Waals surface area contributed by atoms with Gasteiger partial charge < -0.3 is 14.2 Å². The van der Waals surface area contributed by atoms with Crippen LogP contribution in [0.4, 0.5) is 0 Å². The lowest BCUT2D eigenvalue weighted by Crippen LogP contribution is -2.56. The summed E-state index contributed by atoms with van der Waals surface area (Å²) in [6.07, 6.45) is 11.6. The number of alkyl halides is 1. The first-order valence-electron chi connectivity index (χ1n) is 14.2. The van der Waals surface area contributed by atoms with Crippen molar-refractivity contribution in [1.29, 1.82) is 0 Å². The minimum atomic E-state index is -0.425. The molecule has 0 aromatic rings. The van der Waals surface area contributed by atoms with E-state index in [-0.39, 0.29) is 12.1 Å². The molecule has 2 saturated heterocycles. The number of ether oxygens (including phenoxy) is 3. The minimum absolute atomic E-state index is 0.109. The molecule has 6 fully saturated rings. The van der Waals surface area contributed by atoms with E-state index < -0.39 is 5.79 Å². The molecule has 0 unspecified atom stereocenters. The smallest absolute Gasteiger partial charge is 0.302 e. The van der Waals surface area contributed by atoms with Crippen LogP contribution in [0, 0.1) is 52.3 Å². The Morgan fingerprint density at radius 1 is 0.971 bits per heavy atom. The standard InChI is InChI=1S/C29H45BrO4/c1-16-12-25(30)29(32-15-16)17(2)26-24(34-29)14-23-21-7-6-19-13-20(33-18(3)31)8-10-27(19,4)22(21)9-11-28(23,26)5/h16-17,19-26H,6-15H2,1-5H3/t16-,17-,19+,20-,21+,22-,23-,24-,25-,26-,27-,28-,29+/m0/s1. The zero-order chi connectivity index (χ0) is 24.0. The molecule has 192 valence electrons. The number of hydrogen-bond acceptors (Lipinski definition) is 4. The summed E-state index contributed by atoms with van der Waals surface area (Å²) in [6.45, 7) is 12.3. The van der Waals surface area contributed by atoms with Crippen LogP contribution in [0.25, 0.3) is 0 Å². The summed E-state index contributed by atoms with van der Waals surface area (Å²) in [4.78, 5) is 11.9. The largest absolute Gasteiger partial charge is 0.463 e. The Hall–Kier alpha value is -0.130. The summed E-state index contributed by atoms with van der Waals surface area (Å²) in [5, 5.41) is 0. The third kappa shape index (κ3) is 3.30. The molecule has 34 heavy (non-hydrogen) atoms. The number of fused-ring (bicyclic) bond motifs is 7. The molecular formula is C29H45BrO4. The summed E-state index contributed by atoms with van der Waals surface area (Å²) >= 11 is 4.01. The number of carbonyl (C=O) groups is 1. The third-order valence-electron chi connectivity index (χ3n) is 12.2. The van der Waals surface area contributed by atoms with E-state index in [2.05, 4.69) is 43.6 Å². The van der Waals surface area contributed by atoms with Gasteiger partial charge in [-0.05, 0) is 104 Å². The molecule has 6 rings (SSSR count). The Kier molecular flexibility index (Phi) is 5.83. The molecule has 1 spiro atoms. The van der Waals surface area contributed by atoms with E-state index in [9.17, 15) is 4.79 Å². The van der Waals surface area contributed by atoms with Crippen molar-refractivity contribution >= 4 is 21.9 Å². The van der Waals surface area contributed by atoms with Gasteiger partial charge in [-0.3, -0.25) is 4.79 Å². The van der Waals surface area contributed by atoms with Crippen molar-refractivity contribution in [2.45, 2.75) is 115 Å². The van der Waals surface area contributed by atoms with E-state index in [0.29, 0.717) is 45.4 Å². The molecule has 0 N–H and O–H groups in total. The fourth-order valence-electron chi connectivity index (χ4n) is 10.7. The van der Waals surface area contributed by atoms with Crippen LogP contribution in [0.2, 0.25) is 0 Å². The second kappa shape index (κ2) is 8.18. The van der Waals surface area contributed by atoms with Crippen molar-refractivity contribution in [3.63, 3.8) is 0 Å². The average molecular weight is 538 g/mol. The van der Waals surface area contributed by atoms with E-state index in [1.165, 1.54) is 38.5 Å². The van der Waals surface area contributed by atoms with Crippen molar-refractivity contribution in [2.75, 3.05) is 6.61 Å². The molecule has 0 amide bonds. The second-order valence-corrected chi connectivity index (χ2v) is 14.9. The lowest BCUT2D eigenvalue weighted by atomic mass is 9.44. The number of carbonyl (C=O) groups excluding carboxylic acids is 1.